The van der Waals surface area contributed by atoms with Gasteiger partial charge in [0.25, 0.3) is 5.91 Å². The summed E-state index contributed by atoms with van der Waals surface area (Å²) in [5.74, 6) is -0.557. The third kappa shape index (κ3) is 4.71. The fraction of sp³-hybridized carbons (Fsp3) is 0.143. The van der Waals surface area contributed by atoms with Crippen LogP contribution < -0.4 is 10.1 Å². The predicted molar refractivity (Wildman–Crippen MR) is 78.4 cm³/mol. The van der Waals surface area contributed by atoms with Crippen LogP contribution >= 0.6 is 0 Å². The highest BCUT2D eigenvalue weighted by Gasteiger charge is 2.11. The molecular weight excluding hydrogens is 330 g/mol. The molecule has 122 valence electrons. The Kier molecular flexibility index (Phi) is 4.89. The smallest absolute Gasteiger partial charge is 0.387 e. The molecule has 23 heavy (non-hydrogen) atoms. The summed E-state index contributed by atoms with van der Waals surface area (Å²) < 4.78 is 50.8. The van der Waals surface area contributed by atoms with Gasteiger partial charge >= 0.3 is 6.61 Å². The molecule has 0 unspecified atom stereocenters. The van der Waals surface area contributed by atoms with Crippen molar-refractivity contribution >= 4 is 21.4 Å². The second kappa shape index (κ2) is 6.69. The number of carbonyl (C=O) groups is 1. The van der Waals surface area contributed by atoms with Crippen molar-refractivity contribution in [1.82, 2.24) is 4.98 Å². The van der Waals surface area contributed by atoms with Crippen molar-refractivity contribution in [1.29, 1.82) is 0 Å². The lowest BCUT2D eigenvalue weighted by atomic mass is 10.2. The average Bonchev–Trinajstić information content (AvgIpc) is 2.47. The van der Waals surface area contributed by atoms with Crippen LogP contribution in [0.25, 0.3) is 0 Å². The predicted octanol–water partition coefficient (Wildman–Crippen LogP) is 2.34. The summed E-state index contributed by atoms with van der Waals surface area (Å²) in [5.41, 5.74) is 0.522. The second-order valence-electron chi connectivity index (χ2n) is 4.51. The van der Waals surface area contributed by atoms with Gasteiger partial charge in [0.05, 0.1) is 11.9 Å². The van der Waals surface area contributed by atoms with Crippen molar-refractivity contribution in [2.75, 3.05) is 11.6 Å². The van der Waals surface area contributed by atoms with Crippen molar-refractivity contribution < 1.29 is 26.7 Å². The van der Waals surface area contributed by atoms with Crippen molar-refractivity contribution in [2.45, 2.75) is 11.6 Å². The molecule has 0 aliphatic carbocycles. The van der Waals surface area contributed by atoms with Gasteiger partial charge < -0.3 is 10.1 Å². The minimum absolute atomic E-state index is 0.0595. The minimum Gasteiger partial charge on any atom is -0.435 e. The number of nitrogens with one attached hydrogen (secondary N) is 1. The summed E-state index contributed by atoms with van der Waals surface area (Å²) in [4.78, 5) is 15.7. The van der Waals surface area contributed by atoms with Gasteiger partial charge in [0.1, 0.15) is 5.75 Å². The lowest BCUT2D eigenvalue weighted by Gasteiger charge is -2.07. The molecule has 9 heteroatoms. The Balaban J connectivity index is 2.07. The van der Waals surface area contributed by atoms with Gasteiger partial charge in [-0.2, -0.15) is 8.78 Å². The first-order chi connectivity index (χ1) is 10.8. The fourth-order valence-corrected chi connectivity index (χ4v) is 2.22. The Morgan fingerprint density at radius 1 is 1.17 bits per heavy atom. The van der Waals surface area contributed by atoms with E-state index in [1.54, 1.807) is 0 Å². The summed E-state index contributed by atoms with van der Waals surface area (Å²) in [6.45, 7) is -2.94. The van der Waals surface area contributed by atoms with E-state index < -0.39 is 22.4 Å². The van der Waals surface area contributed by atoms with E-state index in [0.29, 0.717) is 5.69 Å². The number of alkyl halides is 2. The zero-order chi connectivity index (χ0) is 17.0. The van der Waals surface area contributed by atoms with Crippen LogP contribution in [0.1, 0.15) is 10.4 Å². The van der Waals surface area contributed by atoms with Gasteiger partial charge in [0, 0.05) is 11.8 Å². The molecule has 1 N–H and O–H groups in total. The number of anilines is 1. The quantitative estimate of drug-likeness (QED) is 0.901. The molecule has 1 amide bonds. The maximum absolute atomic E-state index is 12.0. The number of hydrogen-bond donors (Lipinski definition) is 1. The molecule has 1 heterocycles. The monoisotopic (exact) mass is 342 g/mol. The lowest BCUT2D eigenvalue weighted by molar-refractivity contribution is -0.0498. The molecule has 0 saturated heterocycles. The first-order valence-electron chi connectivity index (χ1n) is 6.28. The molecule has 6 nitrogen and oxygen atoms in total. The highest BCUT2D eigenvalue weighted by atomic mass is 32.2. The summed E-state index contributed by atoms with van der Waals surface area (Å²) in [6, 6.07) is 7.80. The van der Waals surface area contributed by atoms with Crippen LogP contribution in [0.5, 0.6) is 5.75 Å². The van der Waals surface area contributed by atoms with Crippen molar-refractivity contribution in [3.05, 3.63) is 48.2 Å². The van der Waals surface area contributed by atoms with E-state index in [-0.39, 0.29) is 16.3 Å². The van der Waals surface area contributed by atoms with Crippen LogP contribution in [0.4, 0.5) is 14.5 Å². The van der Waals surface area contributed by atoms with Gasteiger partial charge in [0.2, 0.25) is 0 Å². The number of sulfone groups is 1. The lowest BCUT2D eigenvalue weighted by Crippen LogP contribution is -2.12. The third-order valence-corrected chi connectivity index (χ3v) is 3.72. The average molecular weight is 342 g/mol. The van der Waals surface area contributed by atoms with Crippen LogP contribution in [0, 0.1) is 0 Å². The first-order valence-corrected chi connectivity index (χ1v) is 8.17. The number of rotatable bonds is 5. The summed E-state index contributed by atoms with van der Waals surface area (Å²) in [7, 11) is -3.41. The Morgan fingerprint density at radius 2 is 1.83 bits per heavy atom. The molecule has 0 spiro atoms. The molecule has 2 aromatic rings. The van der Waals surface area contributed by atoms with Crippen molar-refractivity contribution in [2.24, 2.45) is 0 Å². The molecule has 1 aromatic carbocycles. The van der Waals surface area contributed by atoms with E-state index in [9.17, 15) is 22.0 Å². The van der Waals surface area contributed by atoms with Gasteiger partial charge in [-0.3, -0.25) is 4.79 Å². The number of pyridine rings is 1. The topological polar surface area (TPSA) is 85.4 Å². The fourth-order valence-electron chi connectivity index (χ4n) is 1.66. The molecule has 2 rings (SSSR count). The highest BCUT2D eigenvalue weighted by molar-refractivity contribution is 7.90. The van der Waals surface area contributed by atoms with Crippen LogP contribution in [-0.2, 0) is 9.84 Å². The Bertz CT molecular complexity index is 791. The zero-order valence-electron chi connectivity index (χ0n) is 11.9. The molecule has 0 aliphatic rings. The van der Waals surface area contributed by atoms with Crippen LogP contribution in [0.2, 0.25) is 0 Å². The molecular formula is C14H12F2N2O4S. The summed E-state index contributed by atoms with van der Waals surface area (Å²) in [6.07, 6.45) is 2.24. The Hall–Kier alpha value is -2.55. The van der Waals surface area contributed by atoms with E-state index in [1.807, 2.05) is 0 Å². The van der Waals surface area contributed by atoms with E-state index in [2.05, 4.69) is 15.0 Å². The van der Waals surface area contributed by atoms with Crippen LogP contribution in [0.3, 0.4) is 0 Å². The molecule has 1 aromatic heterocycles. The van der Waals surface area contributed by atoms with E-state index in [0.717, 1.165) is 6.26 Å². The molecule has 0 fully saturated rings. The van der Waals surface area contributed by atoms with E-state index in [4.69, 9.17) is 0 Å². The van der Waals surface area contributed by atoms with E-state index in [1.165, 1.54) is 42.6 Å². The largest absolute Gasteiger partial charge is 0.435 e. The number of aromatic nitrogens is 1. The number of ether oxygens (including phenoxy) is 1. The second-order valence-corrected chi connectivity index (χ2v) is 6.48. The number of amides is 1. The van der Waals surface area contributed by atoms with Crippen LogP contribution in [0.15, 0.2) is 47.6 Å². The summed E-state index contributed by atoms with van der Waals surface area (Å²) >= 11 is 0. The standard InChI is InChI=1S/C14H12F2N2O4S/c1-23(20,21)12-7-4-10(8-17-12)18-13(19)9-2-5-11(6-3-9)22-14(15)16/h2-8,14H,1H3,(H,18,19). The molecule has 0 radical (unpaired) electrons. The third-order valence-electron chi connectivity index (χ3n) is 2.72. The van der Waals surface area contributed by atoms with Gasteiger partial charge in [-0.1, -0.05) is 0 Å². The highest BCUT2D eigenvalue weighted by Crippen LogP contribution is 2.16. The normalized spacial score (nSPS) is 11.3. The Morgan fingerprint density at radius 3 is 2.30 bits per heavy atom. The number of nitrogens with zero attached hydrogens (tertiary/aromatic N) is 1. The number of benzene rings is 1. The minimum atomic E-state index is -3.41. The maximum Gasteiger partial charge on any atom is 0.387 e. The van der Waals surface area contributed by atoms with Gasteiger partial charge in [-0.05, 0) is 36.4 Å². The SMILES string of the molecule is CS(=O)(=O)c1ccc(NC(=O)c2ccc(OC(F)F)cc2)cn1. The zero-order valence-corrected chi connectivity index (χ0v) is 12.7. The van der Waals surface area contributed by atoms with Crippen molar-refractivity contribution in [3.63, 3.8) is 0 Å². The van der Waals surface area contributed by atoms with Gasteiger partial charge in [-0.15, -0.1) is 0 Å². The van der Waals surface area contributed by atoms with Crippen molar-refractivity contribution in [3.8, 4) is 5.75 Å². The van der Waals surface area contributed by atoms with E-state index >= 15 is 0 Å². The molecule has 0 atom stereocenters. The number of hydrogen-bond acceptors (Lipinski definition) is 5. The maximum atomic E-state index is 12.0. The Labute approximate surface area is 131 Å². The van der Waals surface area contributed by atoms with Crippen LogP contribution in [-0.4, -0.2) is 32.2 Å². The van der Waals surface area contributed by atoms with Gasteiger partial charge in [-0.25, -0.2) is 13.4 Å². The molecule has 0 aliphatic heterocycles. The van der Waals surface area contributed by atoms with Gasteiger partial charge in [0.15, 0.2) is 14.9 Å². The first kappa shape index (κ1) is 16.8. The molecule has 0 saturated carbocycles. The molecule has 0 bridgehead atoms. The summed E-state index contributed by atoms with van der Waals surface area (Å²) in [5, 5.41) is 2.40. The number of carbonyl (C=O) groups excluding carboxylic acids is 1. The number of halogens is 2.